The van der Waals surface area contributed by atoms with Crippen LogP contribution in [-0.2, 0) is 14.3 Å². The van der Waals surface area contributed by atoms with Crippen LogP contribution in [0.1, 0.15) is 43.0 Å². The van der Waals surface area contributed by atoms with Crippen molar-refractivity contribution >= 4 is 17.5 Å². The van der Waals surface area contributed by atoms with Crippen molar-refractivity contribution < 1.29 is 19.1 Å². The van der Waals surface area contributed by atoms with E-state index in [1.165, 1.54) is 5.01 Å². The van der Waals surface area contributed by atoms with Gasteiger partial charge in [-0.15, -0.1) is 0 Å². The summed E-state index contributed by atoms with van der Waals surface area (Å²) in [7, 11) is 3.21. The van der Waals surface area contributed by atoms with Crippen molar-refractivity contribution in [1.82, 2.24) is 9.91 Å². The van der Waals surface area contributed by atoms with Gasteiger partial charge >= 0.3 is 0 Å². The lowest BCUT2D eigenvalue weighted by atomic mass is 9.97. The summed E-state index contributed by atoms with van der Waals surface area (Å²) < 4.78 is 10.5. The molecule has 0 bridgehead atoms. The lowest BCUT2D eigenvalue weighted by molar-refractivity contribution is -0.143. The lowest BCUT2D eigenvalue weighted by Crippen LogP contribution is -2.44. The summed E-state index contributed by atoms with van der Waals surface area (Å²) in [6.07, 6.45) is 0.582. The van der Waals surface area contributed by atoms with E-state index in [0.717, 1.165) is 28.2 Å². The van der Waals surface area contributed by atoms with Crippen molar-refractivity contribution in [3.8, 4) is 5.75 Å². The first-order valence-corrected chi connectivity index (χ1v) is 11.2. The Balaban J connectivity index is 1.91. The highest BCUT2D eigenvalue weighted by molar-refractivity contribution is 6.03. The molecule has 0 radical (unpaired) electrons. The quantitative estimate of drug-likeness (QED) is 0.581. The Morgan fingerprint density at radius 2 is 1.88 bits per heavy atom. The second kappa shape index (κ2) is 11.1. The van der Waals surface area contributed by atoms with Crippen LogP contribution < -0.4 is 4.74 Å². The molecule has 0 spiro atoms. The molecule has 0 aromatic heterocycles. The molecule has 1 unspecified atom stereocenters. The van der Waals surface area contributed by atoms with E-state index in [4.69, 9.17) is 14.6 Å². The van der Waals surface area contributed by atoms with Gasteiger partial charge in [0.05, 0.1) is 25.5 Å². The van der Waals surface area contributed by atoms with Crippen molar-refractivity contribution in [3.63, 3.8) is 0 Å². The van der Waals surface area contributed by atoms with Gasteiger partial charge in [0, 0.05) is 31.6 Å². The van der Waals surface area contributed by atoms with Crippen LogP contribution in [-0.4, -0.2) is 61.4 Å². The summed E-state index contributed by atoms with van der Waals surface area (Å²) in [6.45, 7) is 6.37. The third-order valence-corrected chi connectivity index (χ3v) is 5.73. The number of benzene rings is 2. The Morgan fingerprint density at radius 1 is 1.15 bits per heavy atom. The first-order valence-electron chi connectivity index (χ1n) is 11.2. The van der Waals surface area contributed by atoms with Crippen molar-refractivity contribution in [2.75, 3.05) is 33.9 Å². The SMILES string of the molecule is COCCN(CC(=O)N1N=C(c2cccc(OC)c2)CC1c1ccc(C)cc1)C(=O)C(C)C. The van der Waals surface area contributed by atoms with E-state index in [9.17, 15) is 9.59 Å². The van der Waals surface area contributed by atoms with Crippen molar-refractivity contribution in [2.45, 2.75) is 33.2 Å². The molecule has 1 aliphatic rings. The molecular formula is C26H33N3O4. The highest BCUT2D eigenvalue weighted by atomic mass is 16.5. The number of nitrogens with zero attached hydrogens (tertiary/aromatic N) is 3. The van der Waals surface area contributed by atoms with Gasteiger partial charge in [-0.2, -0.15) is 5.10 Å². The summed E-state index contributed by atoms with van der Waals surface area (Å²) in [6, 6.07) is 15.6. The van der Waals surface area contributed by atoms with Crippen molar-refractivity contribution in [2.24, 2.45) is 11.0 Å². The normalized spacial score (nSPS) is 15.5. The van der Waals surface area contributed by atoms with Gasteiger partial charge in [-0.3, -0.25) is 9.59 Å². The van der Waals surface area contributed by atoms with E-state index in [-0.39, 0.29) is 30.3 Å². The molecular weight excluding hydrogens is 418 g/mol. The summed E-state index contributed by atoms with van der Waals surface area (Å²) in [5.41, 5.74) is 3.88. The molecule has 0 aliphatic carbocycles. The highest BCUT2D eigenvalue weighted by Crippen LogP contribution is 2.33. The monoisotopic (exact) mass is 451 g/mol. The molecule has 1 aliphatic heterocycles. The number of hydrazone groups is 1. The van der Waals surface area contributed by atoms with Gasteiger partial charge in [0.2, 0.25) is 5.91 Å². The number of hydrogen-bond donors (Lipinski definition) is 0. The standard InChI is InChI=1S/C26H33N3O4/c1-18(2)26(31)28(13-14-32-4)17-25(30)29-24(20-11-9-19(3)10-12-20)16-23(27-29)21-7-6-8-22(15-21)33-5/h6-12,15,18,24H,13-14,16-17H2,1-5H3. The zero-order valence-corrected chi connectivity index (χ0v) is 20.1. The summed E-state index contributed by atoms with van der Waals surface area (Å²) in [4.78, 5) is 27.7. The lowest BCUT2D eigenvalue weighted by Gasteiger charge is -2.28. The van der Waals surface area contributed by atoms with Gasteiger partial charge in [0.15, 0.2) is 0 Å². The molecule has 7 heteroatoms. The fourth-order valence-electron chi connectivity index (χ4n) is 3.84. The maximum absolute atomic E-state index is 13.5. The van der Waals surface area contributed by atoms with Crippen LogP contribution in [0.15, 0.2) is 53.6 Å². The Hall–Kier alpha value is -3.19. The molecule has 7 nitrogen and oxygen atoms in total. The van der Waals surface area contributed by atoms with Crippen LogP contribution in [0.5, 0.6) is 5.75 Å². The van der Waals surface area contributed by atoms with Gasteiger partial charge in [-0.25, -0.2) is 5.01 Å². The number of rotatable bonds is 9. The van der Waals surface area contributed by atoms with E-state index in [0.29, 0.717) is 19.6 Å². The van der Waals surface area contributed by atoms with Crippen LogP contribution in [0.25, 0.3) is 0 Å². The topological polar surface area (TPSA) is 71.4 Å². The first-order chi connectivity index (χ1) is 15.8. The maximum Gasteiger partial charge on any atom is 0.262 e. The Morgan fingerprint density at radius 3 is 2.52 bits per heavy atom. The van der Waals surface area contributed by atoms with Crippen LogP contribution in [0.4, 0.5) is 0 Å². The predicted octanol–water partition coefficient (Wildman–Crippen LogP) is 3.81. The number of methoxy groups -OCH3 is 2. The van der Waals surface area contributed by atoms with Gasteiger partial charge in [-0.05, 0) is 24.6 Å². The van der Waals surface area contributed by atoms with E-state index in [2.05, 4.69) is 0 Å². The van der Waals surface area contributed by atoms with Crippen LogP contribution in [0, 0.1) is 12.8 Å². The van der Waals surface area contributed by atoms with E-state index in [1.807, 2.05) is 69.3 Å². The summed E-state index contributed by atoms with van der Waals surface area (Å²) >= 11 is 0. The average molecular weight is 452 g/mol. The molecule has 3 rings (SSSR count). The number of amides is 2. The van der Waals surface area contributed by atoms with E-state index < -0.39 is 0 Å². The molecule has 0 N–H and O–H groups in total. The Labute approximate surface area is 196 Å². The molecule has 0 saturated heterocycles. The molecule has 0 fully saturated rings. The number of carbonyl (C=O) groups is 2. The molecule has 2 aromatic rings. The highest BCUT2D eigenvalue weighted by Gasteiger charge is 2.34. The molecule has 2 amide bonds. The second-order valence-corrected chi connectivity index (χ2v) is 8.55. The number of aryl methyl sites for hydroxylation is 1. The van der Waals surface area contributed by atoms with Crippen LogP contribution >= 0.6 is 0 Å². The average Bonchev–Trinajstić information content (AvgIpc) is 3.27. The van der Waals surface area contributed by atoms with Crippen molar-refractivity contribution in [1.29, 1.82) is 0 Å². The molecule has 1 heterocycles. The molecule has 0 saturated carbocycles. The third kappa shape index (κ3) is 5.99. The van der Waals surface area contributed by atoms with E-state index in [1.54, 1.807) is 19.1 Å². The number of carbonyl (C=O) groups excluding carboxylic acids is 2. The van der Waals surface area contributed by atoms with Gasteiger partial charge < -0.3 is 14.4 Å². The van der Waals surface area contributed by atoms with Gasteiger partial charge in [0.1, 0.15) is 12.3 Å². The fourth-order valence-corrected chi connectivity index (χ4v) is 3.84. The molecule has 1 atom stereocenters. The summed E-state index contributed by atoms with van der Waals surface area (Å²) in [5.74, 6) is 0.226. The van der Waals surface area contributed by atoms with Gasteiger partial charge in [0.25, 0.3) is 5.91 Å². The Kier molecular flexibility index (Phi) is 8.22. The minimum atomic E-state index is -0.238. The molecule has 2 aromatic carbocycles. The third-order valence-electron chi connectivity index (χ3n) is 5.73. The predicted molar refractivity (Wildman–Crippen MR) is 128 cm³/mol. The summed E-state index contributed by atoms with van der Waals surface area (Å²) in [5, 5.41) is 6.26. The molecule has 33 heavy (non-hydrogen) atoms. The zero-order chi connectivity index (χ0) is 24.0. The fraction of sp³-hybridized carbons (Fsp3) is 0.423. The van der Waals surface area contributed by atoms with Crippen molar-refractivity contribution in [3.05, 3.63) is 65.2 Å². The minimum Gasteiger partial charge on any atom is -0.497 e. The minimum absolute atomic E-state index is 0.0440. The van der Waals surface area contributed by atoms with Gasteiger partial charge in [-0.1, -0.05) is 55.8 Å². The largest absolute Gasteiger partial charge is 0.497 e. The maximum atomic E-state index is 13.5. The number of ether oxygens (including phenoxy) is 2. The first kappa shape index (κ1) is 24.5. The molecule has 176 valence electrons. The van der Waals surface area contributed by atoms with E-state index >= 15 is 0 Å². The Bertz CT molecular complexity index is 1000. The van der Waals surface area contributed by atoms with Crippen LogP contribution in [0.3, 0.4) is 0 Å². The smallest absolute Gasteiger partial charge is 0.262 e. The number of hydrogen-bond acceptors (Lipinski definition) is 5. The second-order valence-electron chi connectivity index (χ2n) is 8.55. The van der Waals surface area contributed by atoms with Crippen LogP contribution in [0.2, 0.25) is 0 Å². The zero-order valence-electron chi connectivity index (χ0n) is 20.1.